The van der Waals surface area contributed by atoms with E-state index in [1.807, 2.05) is 23.1 Å². The van der Waals surface area contributed by atoms with Crippen LogP contribution in [-0.4, -0.2) is 33.5 Å². The Hall–Kier alpha value is -1.42. The lowest BCUT2D eigenvalue weighted by Gasteiger charge is -2.26. The van der Waals surface area contributed by atoms with Crippen LogP contribution in [0.5, 0.6) is 0 Å². The maximum atomic E-state index is 11.2. The largest absolute Gasteiger partial charge is 0.480 e. The number of carbonyl (C=O) groups is 1. The van der Waals surface area contributed by atoms with Gasteiger partial charge in [0, 0.05) is 12.7 Å². The van der Waals surface area contributed by atoms with Gasteiger partial charge in [-0.3, -0.25) is 14.7 Å². The van der Waals surface area contributed by atoms with E-state index in [0.29, 0.717) is 6.54 Å². The van der Waals surface area contributed by atoms with Gasteiger partial charge in [0.05, 0.1) is 5.69 Å². The van der Waals surface area contributed by atoms with Gasteiger partial charge in [-0.2, -0.15) is 0 Å². The summed E-state index contributed by atoms with van der Waals surface area (Å²) in [6, 6.07) is 5.42. The third-order valence-corrected chi connectivity index (χ3v) is 3.24. The molecule has 4 nitrogen and oxygen atoms in total. The molecule has 17 heavy (non-hydrogen) atoms. The average Bonchev–Trinajstić information content (AvgIpc) is 2.56. The highest BCUT2D eigenvalue weighted by Crippen LogP contribution is 2.18. The first-order chi connectivity index (χ1) is 8.27. The van der Waals surface area contributed by atoms with Crippen LogP contribution in [0, 0.1) is 0 Å². The van der Waals surface area contributed by atoms with Gasteiger partial charge in [-0.05, 0) is 31.5 Å². The van der Waals surface area contributed by atoms with Crippen molar-refractivity contribution in [2.24, 2.45) is 0 Å². The fraction of sp³-hybridized carbons (Fsp3) is 0.538. The van der Waals surface area contributed by atoms with Crippen molar-refractivity contribution in [1.82, 2.24) is 9.88 Å². The normalized spacial score (nSPS) is 22.0. The van der Waals surface area contributed by atoms with Crippen molar-refractivity contribution in [3.8, 4) is 0 Å². The summed E-state index contributed by atoms with van der Waals surface area (Å²) in [6.07, 6.45) is 5.72. The Balaban J connectivity index is 2.07. The van der Waals surface area contributed by atoms with Gasteiger partial charge in [-0.25, -0.2) is 0 Å². The molecule has 1 aliphatic rings. The summed E-state index contributed by atoms with van der Waals surface area (Å²) in [5, 5.41) is 9.25. The summed E-state index contributed by atoms with van der Waals surface area (Å²) in [6.45, 7) is 1.49. The van der Waals surface area contributed by atoms with Crippen LogP contribution in [0.15, 0.2) is 24.4 Å². The van der Waals surface area contributed by atoms with Crippen molar-refractivity contribution in [2.75, 3.05) is 6.54 Å². The van der Waals surface area contributed by atoms with E-state index in [2.05, 4.69) is 4.98 Å². The third-order valence-electron chi connectivity index (χ3n) is 3.24. The van der Waals surface area contributed by atoms with Gasteiger partial charge in [0.2, 0.25) is 0 Å². The first kappa shape index (κ1) is 12.0. The molecule has 0 aromatic carbocycles. The predicted molar refractivity (Wildman–Crippen MR) is 64.5 cm³/mol. The summed E-state index contributed by atoms with van der Waals surface area (Å²) in [5.41, 5.74) is 0.945. The molecule has 1 saturated heterocycles. The second-order valence-corrected chi connectivity index (χ2v) is 4.49. The molecular weight excluding hydrogens is 216 g/mol. The zero-order valence-corrected chi connectivity index (χ0v) is 9.88. The molecule has 2 heterocycles. The lowest BCUT2D eigenvalue weighted by Crippen LogP contribution is -2.40. The van der Waals surface area contributed by atoms with Gasteiger partial charge >= 0.3 is 5.97 Å². The number of pyridine rings is 1. The molecule has 1 aromatic rings. The van der Waals surface area contributed by atoms with Gasteiger partial charge in [0.25, 0.3) is 0 Å². The van der Waals surface area contributed by atoms with E-state index in [9.17, 15) is 9.90 Å². The second kappa shape index (κ2) is 5.77. The maximum absolute atomic E-state index is 11.2. The highest BCUT2D eigenvalue weighted by Gasteiger charge is 2.27. The summed E-state index contributed by atoms with van der Waals surface area (Å²) < 4.78 is 0. The van der Waals surface area contributed by atoms with Crippen molar-refractivity contribution in [3.05, 3.63) is 30.1 Å². The van der Waals surface area contributed by atoms with E-state index in [1.165, 1.54) is 0 Å². The standard InChI is InChI=1S/C13H18N2O2/c16-13(17)12-7-2-1-5-9-15(12)10-11-6-3-4-8-14-11/h3-4,6,8,12H,1-2,5,7,9-10H2,(H,16,17). The van der Waals surface area contributed by atoms with E-state index < -0.39 is 5.97 Å². The number of carboxylic acids is 1. The van der Waals surface area contributed by atoms with E-state index >= 15 is 0 Å². The zero-order chi connectivity index (χ0) is 12.1. The highest BCUT2D eigenvalue weighted by atomic mass is 16.4. The van der Waals surface area contributed by atoms with Crippen LogP contribution in [-0.2, 0) is 11.3 Å². The first-order valence-corrected chi connectivity index (χ1v) is 6.14. The topological polar surface area (TPSA) is 53.4 Å². The Morgan fingerprint density at radius 2 is 2.29 bits per heavy atom. The Kier molecular flexibility index (Phi) is 4.09. The van der Waals surface area contributed by atoms with Crippen molar-refractivity contribution in [2.45, 2.75) is 38.3 Å². The summed E-state index contributed by atoms with van der Waals surface area (Å²) in [7, 11) is 0. The number of rotatable bonds is 3. The maximum Gasteiger partial charge on any atom is 0.320 e. The fourth-order valence-electron chi connectivity index (χ4n) is 2.34. The van der Waals surface area contributed by atoms with Crippen LogP contribution >= 0.6 is 0 Å². The molecular formula is C13H18N2O2. The van der Waals surface area contributed by atoms with E-state index in [4.69, 9.17) is 0 Å². The predicted octanol–water partition coefficient (Wildman–Crippen LogP) is 1.91. The quantitative estimate of drug-likeness (QED) is 0.868. The molecule has 2 rings (SSSR count). The summed E-state index contributed by atoms with van der Waals surface area (Å²) in [4.78, 5) is 17.5. The number of nitrogens with zero attached hydrogens (tertiary/aromatic N) is 2. The Morgan fingerprint density at radius 3 is 3.00 bits per heavy atom. The lowest BCUT2D eigenvalue weighted by atomic mass is 10.1. The monoisotopic (exact) mass is 234 g/mol. The van der Waals surface area contributed by atoms with Gasteiger partial charge in [-0.1, -0.05) is 18.9 Å². The number of aromatic nitrogens is 1. The molecule has 0 aliphatic carbocycles. The molecule has 92 valence electrons. The molecule has 1 aromatic heterocycles. The van der Waals surface area contributed by atoms with Crippen LogP contribution in [0.1, 0.15) is 31.4 Å². The molecule has 4 heteroatoms. The zero-order valence-electron chi connectivity index (χ0n) is 9.88. The van der Waals surface area contributed by atoms with E-state index in [-0.39, 0.29) is 6.04 Å². The molecule has 0 radical (unpaired) electrons. The molecule has 0 amide bonds. The van der Waals surface area contributed by atoms with Crippen LogP contribution in [0.25, 0.3) is 0 Å². The van der Waals surface area contributed by atoms with Crippen LogP contribution in [0.3, 0.4) is 0 Å². The van der Waals surface area contributed by atoms with E-state index in [1.54, 1.807) is 6.20 Å². The van der Waals surface area contributed by atoms with Gasteiger partial charge in [0.1, 0.15) is 6.04 Å². The number of hydrogen-bond acceptors (Lipinski definition) is 3. The third kappa shape index (κ3) is 3.27. The fourth-order valence-corrected chi connectivity index (χ4v) is 2.34. The van der Waals surface area contributed by atoms with Gasteiger partial charge in [-0.15, -0.1) is 0 Å². The van der Waals surface area contributed by atoms with Gasteiger partial charge in [0.15, 0.2) is 0 Å². The molecule has 1 atom stereocenters. The molecule has 1 fully saturated rings. The second-order valence-electron chi connectivity index (χ2n) is 4.49. The summed E-state index contributed by atoms with van der Waals surface area (Å²) in [5.74, 6) is -0.706. The van der Waals surface area contributed by atoms with Crippen molar-refractivity contribution >= 4 is 5.97 Å². The molecule has 1 aliphatic heterocycles. The molecule has 0 bridgehead atoms. The minimum absolute atomic E-state index is 0.348. The Labute approximate surface area is 101 Å². The number of carboxylic acid groups (broad SMARTS) is 1. The highest BCUT2D eigenvalue weighted by molar-refractivity contribution is 5.73. The molecule has 0 saturated carbocycles. The molecule has 1 N–H and O–H groups in total. The van der Waals surface area contributed by atoms with Crippen LogP contribution in [0.4, 0.5) is 0 Å². The Bertz CT molecular complexity index is 367. The van der Waals surface area contributed by atoms with Crippen molar-refractivity contribution in [1.29, 1.82) is 0 Å². The smallest absolute Gasteiger partial charge is 0.320 e. The SMILES string of the molecule is O=C(O)C1CCCCCN1Cc1ccccn1. The van der Waals surface area contributed by atoms with Crippen molar-refractivity contribution < 1.29 is 9.90 Å². The molecule has 1 unspecified atom stereocenters. The number of likely N-dealkylation sites (tertiary alicyclic amines) is 1. The van der Waals surface area contributed by atoms with Gasteiger partial charge < -0.3 is 5.11 Å². The first-order valence-electron chi connectivity index (χ1n) is 6.14. The van der Waals surface area contributed by atoms with Crippen LogP contribution in [0.2, 0.25) is 0 Å². The van der Waals surface area contributed by atoms with Crippen LogP contribution < -0.4 is 0 Å². The average molecular weight is 234 g/mol. The molecule has 0 spiro atoms. The Morgan fingerprint density at radius 1 is 1.41 bits per heavy atom. The minimum atomic E-state index is -0.706. The van der Waals surface area contributed by atoms with Crippen molar-refractivity contribution in [3.63, 3.8) is 0 Å². The number of hydrogen-bond donors (Lipinski definition) is 1. The minimum Gasteiger partial charge on any atom is -0.480 e. The lowest BCUT2D eigenvalue weighted by molar-refractivity contribution is -0.143. The summed E-state index contributed by atoms with van der Waals surface area (Å²) >= 11 is 0. The van der Waals surface area contributed by atoms with E-state index in [0.717, 1.165) is 37.9 Å². The number of aliphatic carboxylic acids is 1.